The summed E-state index contributed by atoms with van der Waals surface area (Å²) in [6, 6.07) is 5.36. The van der Waals surface area contributed by atoms with Gasteiger partial charge in [-0.1, -0.05) is 11.6 Å². The molecule has 0 heterocycles. The molecule has 1 aromatic rings. The molecule has 4 nitrogen and oxygen atoms in total. The molecular formula is C11H6ClFN2O2. The average Bonchev–Trinajstić information content (AvgIpc) is 2.28. The van der Waals surface area contributed by atoms with E-state index in [0.29, 0.717) is 0 Å². The Kier molecular flexibility index (Phi) is 4.45. The minimum Gasteiger partial charge on any atom is -0.477 e. The standard InChI is InChI=1S/C11H6ClFN2O2/c12-8-6-9(13)7(10(16)1-2-14)5-11(8)17-4-3-15/h5-6H,1,4H2. The summed E-state index contributed by atoms with van der Waals surface area (Å²) in [5.41, 5.74) is -0.274. The van der Waals surface area contributed by atoms with Crippen molar-refractivity contribution in [1.82, 2.24) is 0 Å². The van der Waals surface area contributed by atoms with Crippen LogP contribution in [0.5, 0.6) is 5.75 Å². The normalized spacial score (nSPS) is 9.18. The van der Waals surface area contributed by atoms with E-state index >= 15 is 0 Å². The fourth-order valence-electron chi connectivity index (χ4n) is 1.13. The lowest BCUT2D eigenvalue weighted by molar-refractivity contribution is 0.0993. The summed E-state index contributed by atoms with van der Waals surface area (Å²) in [5.74, 6) is -1.45. The third-order valence-corrected chi connectivity index (χ3v) is 2.15. The molecule has 0 bridgehead atoms. The summed E-state index contributed by atoms with van der Waals surface area (Å²) in [4.78, 5) is 11.4. The zero-order valence-corrected chi connectivity index (χ0v) is 9.29. The molecule has 0 aliphatic rings. The molecule has 1 aromatic carbocycles. The van der Waals surface area contributed by atoms with E-state index in [-0.39, 0.29) is 22.9 Å². The third-order valence-electron chi connectivity index (χ3n) is 1.85. The van der Waals surface area contributed by atoms with Gasteiger partial charge in [-0.15, -0.1) is 0 Å². The summed E-state index contributed by atoms with van der Waals surface area (Å²) < 4.78 is 18.3. The highest BCUT2D eigenvalue weighted by Crippen LogP contribution is 2.28. The van der Waals surface area contributed by atoms with Gasteiger partial charge in [0.05, 0.1) is 23.1 Å². The molecular weight excluding hydrogens is 247 g/mol. The van der Waals surface area contributed by atoms with Crippen LogP contribution in [0.4, 0.5) is 4.39 Å². The summed E-state index contributed by atoms with van der Waals surface area (Å²) in [6.45, 7) is -0.267. The van der Waals surface area contributed by atoms with Crippen LogP contribution in [0.2, 0.25) is 5.02 Å². The van der Waals surface area contributed by atoms with E-state index in [1.807, 2.05) is 0 Å². The topological polar surface area (TPSA) is 73.9 Å². The Hall–Kier alpha value is -2.11. The van der Waals surface area contributed by atoms with Gasteiger partial charge in [0.25, 0.3) is 0 Å². The summed E-state index contributed by atoms with van der Waals surface area (Å²) in [5, 5.41) is 16.7. The van der Waals surface area contributed by atoms with E-state index in [4.69, 9.17) is 26.9 Å². The molecule has 0 fully saturated rings. The maximum atomic E-state index is 13.4. The van der Waals surface area contributed by atoms with Crippen LogP contribution in [0.1, 0.15) is 16.8 Å². The molecule has 6 heteroatoms. The Bertz CT molecular complexity index is 531. The van der Waals surface area contributed by atoms with Gasteiger partial charge in [0.2, 0.25) is 0 Å². The first-order valence-electron chi connectivity index (χ1n) is 4.49. The van der Waals surface area contributed by atoms with Gasteiger partial charge >= 0.3 is 0 Å². The van der Waals surface area contributed by atoms with Gasteiger partial charge in [0.1, 0.15) is 17.6 Å². The van der Waals surface area contributed by atoms with Crippen molar-refractivity contribution in [2.75, 3.05) is 6.61 Å². The molecule has 0 radical (unpaired) electrons. The van der Waals surface area contributed by atoms with E-state index in [2.05, 4.69) is 0 Å². The highest BCUT2D eigenvalue weighted by atomic mass is 35.5. The maximum Gasteiger partial charge on any atom is 0.179 e. The molecule has 1 rings (SSSR count). The minimum absolute atomic E-state index is 0.0359. The second kappa shape index (κ2) is 5.83. The Morgan fingerprint density at radius 2 is 2.12 bits per heavy atom. The fourth-order valence-corrected chi connectivity index (χ4v) is 1.34. The second-order valence-corrected chi connectivity index (χ2v) is 3.37. The van der Waals surface area contributed by atoms with Gasteiger partial charge in [0, 0.05) is 0 Å². The SMILES string of the molecule is N#CCOc1cc(C(=O)CC#N)c(F)cc1Cl. The van der Waals surface area contributed by atoms with Crippen LogP contribution in [0.3, 0.4) is 0 Å². The van der Waals surface area contributed by atoms with Crippen molar-refractivity contribution in [2.24, 2.45) is 0 Å². The first-order valence-corrected chi connectivity index (χ1v) is 4.87. The molecule has 0 aliphatic carbocycles. The molecule has 0 saturated heterocycles. The third kappa shape index (κ3) is 3.17. The maximum absolute atomic E-state index is 13.4. The average molecular weight is 253 g/mol. The quantitative estimate of drug-likeness (QED) is 0.772. The molecule has 0 amide bonds. The first-order chi connectivity index (χ1) is 8.10. The molecule has 0 unspecified atom stereocenters. The summed E-state index contributed by atoms with van der Waals surface area (Å²) in [7, 11) is 0. The monoisotopic (exact) mass is 252 g/mol. The van der Waals surface area contributed by atoms with Crippen LogP contribution in [0, 0.1) is 28.5 Å². The number of rotatable bonds is 4. The Balaban J connectivity index is 3.11. The largest absolute Gasteiger partial charge is 0.477 e. The van der Waals surface area contributed by atoms with Gasteiger partial charge in [-0.3, -0.25) is 4.79 Å². The fraction of sp³-hybridized carbons (Fsp3) is 0.182. The van der Waals surface area contributed by atoms with Gasteiger partial charge < -0.3 is 4.74 Å². The van der Waals surface area contributed by atoms with E-state index in [1.165, 1.54) is 0 Å². The number of nitrogens with zero attached hydrogens (tertiary/aromatic N) is 2. The van der Waals surface area contributed by atoms with Crippen LogP contribution in [0.15, 0.2) is 12.1 Å². The molecule has 17 heavy (non-hydrogen) atoms. The lowest BCUT2D eigenvalue weighted by Gasteiger charge is -2.07. The van der Waals surface area contributed by atoms with Crippen molar-refractivity contribution in [2.45, 2.75) is 6.42 Å². The zero-order chi connectivity index (χ0) is 12.8. The lowest BCUT2D eigenvalue weighted by Crippen LogP contribution is -2.03. The number of nitriles is 2. The molecule has 0 N–H and O–H groups in total. The lowest BCUT2D eigenvalue weighted by atomic mass is 10.1. The van der Waals surface area contributed by atoms with E-state index < -0.39 is 18.0 Å². The smallest absolute Gasteiger partial charge is 0.179 e. The predicted octanol–water partition coefficient (Wildman–Crippen LogP) is 2.48. The number of halogens is 2. The second-order valence-electron chi connectivity index (χ2n) is 2.97. The van der Waals surface area contributed by atoms with Crippen molar-refractivity contribution < 1.29 is 13.9 Å². The molecule has 0 atom stereocenters. The minimum atomic E-state index is -0.820. The molecule has 0 saturated carbocycles. The van der Waals surface area contributed by atoms with Gasteiger partial charge in [0.15, 0.2) is 12.4 Å². The van der Waals surface area contributed by atoms with Crippen LogP contribution in [0.25, 0.3) is 0 Å². The van der Waals surface area contributed by atoms with Crippen LogP contribution < -0.4 is 4.74 Å². The van der Waals surface area contributed by atoms with Crippen molar-refractivity contribution >= 4 is 17.4 Å². The molecule has 0 aliphatic heterocycles. The number of carbonyl (C=O) groups excluding carboxylic acids is 1. The highest BCUT2D eigenvalue weighted by molar-refractivity contribution is 6.32. The number of carbonyl (C=O) groups is 1. The number of ketones is 1. The number of hydrogen-bond acceptors (Lipinski definition) is 4. The van der Waals surface area contributed by atoms with Crippen LogP contribution in [-0.2, 0) is 0 Å². The Morgan fingerprint density at radius 1 is 1.41 bits per heavy atom. The van der Waals surface area contributed by atoms with Gasteiger partial charge in [-0.25, -0.2) is 4.39 Å². The van der Waals surface area contributed by atoms with Crippen LogP contribution >= 0.6 is 11.6 Å². The molecule has 0 spiro atoms. The molecule has 0 aromatic heterocycles. The van der Waals surface area contributed by atoms with E-state index in [0.717, 1.165) is 12.1 Å². The predicted molar refractivity (Wildman–Crippen MR) is 57.1 cm³/mol. The number of Topliss-reactive ketones (excluding diaryl/α,β-unsaturated/α-hetero) is 1. The summed E-state index contributed by atoms with van der Waals surface area (Å²) >= 11 is 5.67. The number of hydrogen-bond donors (Lipinski definition) is 0. The zero-order valence-electron chi connectivity index (χ0n) is 8.54. The summed E-state index contributed by atoms with van der Waals surface area (Å²) in [6.07, 6.45) is -0.434. The highest BCUT2D eigenvalue weighted by Gasteiger charge is 2.15. The van der Waals surface area contributed by atoms with Crippen molar-refractivity contribution in [3.63, 3.8) is 0 Å². The first kappa shape index (κ1) is 13.0. The van der Waals surface area contributed by atoms with E-state index in [9.17, 15) is 9.18 Å². The van der Waals surface area contributed by atoms with Crippen LogP contribution in [-0.4, -0.2) is 12.4 Å². The Morgan fingerprint density at radius 3 is 2.71 bits per heavy atom. The van der Waals surface area contributed by atoms with Crippen molar-refractivity contribution in [3.05, 3.63) is 28.5 Å². The Labute approximate surface area is 102 Å². The molecule has 86 valence electrons. The van der Waals surface area contributed by atoms with Gasteiger partial charge in [-0.05, 0) is 12.1 Å². The van der Waals surface area contributed by atoms with Crippen molar-refractivity contribution in [3.8, 4) is 17.9 Å². The number of benzene rings is 1. The van der Waals surface area contributed by atoms with E-state index in [1.54, 1.807) is 12.1 Å². The van der Waals surface area contributed by atoms with Crippen molar-refractivity contribution in [1.29, 1.82) is 10.5 Å². The number of ether oxygens (including phenoxy) is 1. The van der Waals surface area contributed by atoms with Gasteiger partial charge in [-0.2, -0.15) is 10.5 Å².